The molecule has 3 nitrogen and oxygen atoms in total. The van der Waals surface area contributed by atoms with Crippen LogP contribution in [0.15, 0.2) is 34.9 Å². The Hall–Kier alpha value is -1.95. The van der Waals surface area contributed by atoms with E-state index in [1.54, 1.807) is 12.1 Å². The van der Waals surface area contributed by atoms with Crippen molar-refractivity contribution in [3.8, 4) is 0 Å². The number of hydrogen-bond acceptors (Lipinski definition) is 3. The number of benzene rings is 1. The second-order valence-electron chi connectivity index (χ2n) is 3.61. The molecule has 0 aliphatic rings. The molecule has 3 N–H and O–H groups in total. The number of rotatable bonds is 4. The van der Waals surface area contributed by atoms with Crippen molar-refractivity contribution in [1.29, 1.82) is 0 Å². The molecule has 0 saturated heterocycles. The molecule has 0 bridgehead atoms. The van der Waals surface area contributed by atoms with Gasteiger partial charge in [0.05, 0.1) is 12.8 Å². The lowest BCUT2D eigenvalue weighted by Gasteiger charge is -2.09. The van der Waals surface area contributed by atoms with Crippen LogP contribution in [-0.2, 0) is 6.54 Å². The van der Waals surface area contributed by atoms with Gasteiger partial charge >= 0.3 is 0 Å². The summed E-state index contributed by atoms with van der Waals surface area (Å²) in [5.41, 5.74) is 5.24. The maximum absolute atomic E-state index is 13.7. The Labute approximate surface area is 108 Å². The Balaban J connectivity index is 2.20. The number of anilines is 1. The van der Waals surface area contributed by atoms with Crippen molar-refractivity contribution in [3.05, 3.63) is 53.5 Å². The summed E-state index contributed by atoms with van der Waals surface area (Å²) in [6, 6.07) is 5.58. The van der Waals surface area contributed by atoms with Crippen molar-refractivity contribution in [2.75, 3.05) is 5.32 Å². The number of thiocarbonyl (C=S) groups is 1. The highest BCUT2D eigenvalue weighted by Crippen LogP contribution is 2.21. The highest BCUT2D eigenvalue weighted by Gasteiger charge is 2.12. The van der Waals surface area contributed by atoms with Crippen LogP contribution in [0.5, 0.6) is 0 Å². The predicted molar refractivity (Wildman–Crippen MR) is 68.3 cm³/mol. The minimum absolute atomic E-state index is 0.0506. The summed E-state index contributed by atoms with van der Waals surface area (Å²) in [4.78, 5) is -0.0506. The van der Waals surface area contributed by atoms with Gasteiger partial charge in [-0.2, -0.15) is 0 Å². The fourth-order valence-electron chi connectivity index (χ4n) is 1.47. The van der Waals surface area contributed by atoms with E-state index in [0.717, 1.165) is 12.1 Å². The normalized spacial score (nSPS) is 10.3. The molecule has 2 aromatic rings. The summed E-state index contributed by atoms with van der Waals surface area (Å²) in [5, 5.41) is 2.62. The Morgan fingerprint density at radius 1 is 1.33 bits per heavy atom. The van der Waals surface area contributed by atoms with Crippen LogP contribution in [0.25, 0.3) is 0 Å². The van der Waals surface area contributed by atoms with Gasteiger partial charge in [-0.25, -0.2) is 8.78 Å². The van der Waals surface area contributed by atoms with Crippen LogP contribution < -0.4 is 11.1 Å². The number of hydrogen-bond donors (Lipinski definition) is 2. The summed E-state index contributed by atoms with van der Waals surface area (Å²) < 4.78 is 32.4. The van der Waals surface area contributed by atoms with Crippen molar-refractivity contribution in [2.24, 2.45) is 5.73 Å². The maximum Gasteiger partial charge on any atom is 0.150 e. The molecule has 0 amide bonds. The second-order valence-corrected chi connectivity index (χ2v) is 4.05. The van der Waals surface area contributed by atoms with Crippen LogP contribution in [0.1, 0.15) is 11.3 Å². The fraction of sp³-hybridized carbons (Fsp3) is 0.0833. The van der Waals surface area contributed by atoms with Crippen molar-refractivity contribution >= 4 is 22.9 Å². The average Bonchev–Trinajstić information content (AvgIpc) is 2.80. The zero-order valence-corrected chi connectivity index (χ0v) is 10.1. The molecule has 0 unspecified atom stereocenters. The minimum Gasteiger partial charge on any atom is -0.467 e. The number of furan rings is 1. The first-order chi connectivity index (χ1) is 8.58. The van der Waals surface area contributed by atoms with E-state index in [1.165, 1.54) is 6.26 Å². The summed E-state index contributed by atoms with van der Waals surface area (Å²) in [7, 11) is 0. The van der Waals surface area contributed by atoms with E-state index in [1.807, 2.05) is 0 Å². The van der Waals surface area contributed by atoms with Gasteiger partial charge in [0.2, 0.25) is 0 Å². The molecule has 0 atom stereocenters. The number of halogens is 2. The highest BCUT2D eigenvalue weighted by molar-refractivity contribution is 7.80. The minimum atomic E-state index is -0.746. The van der Waals surface area contributed by atoms with Crippen molar-refractivity contribution in [2.45, 2.75) is 6.54 Å². The maximum atomic E-state index is 13.7. The van der Waals surface area contributed by atoms with E-state index in [-0.39, 0.29) is 22.8 Å². The standard InChI is InChI=1S/C12H10F2N2OS/c13-9-4-7(12(15)18)5-10(14)11(9)16-6-8-2-1-3-17-8/h1-5,16H,6H2,(H2,15,18). The van der Waals surface area contributed by atoms with Gasteiger partial charge in [-0.3, -0.25) is 0 Å². The van der Waals surface area contributed by atoms with E-state index in [9.17, 15) is 8.78 Å². The second kappa shape index (κ2) is 5.14. The molecule has 2 rings (SSSR count). The molecular formula is C12H10F2N2OS. The lowest BCUT2D eigenvalue weighted by Crippen LogP contribution is -2.12. The molecular weight excluding hydrogens is 258 g/mol. The Morgan fingerprint density at radius 2 is 2.00 bits per heavy atom. The smallest absolute Gasteiger partial charge is 0.150 e. The van der Waals surface area contributed by atoms with Crippen molar-refractivity contribution in [1.82, 2.24) is 0 Å². The fourth-order valence-corrected chi connectivity index (χ4v) is 1.59. The van der Waals surface area contributed by atoms with Gasteiger partial charge in [0, 0.05) is 5.56 Å². The van der Waals surface area contributed by atoms with Crippen LogP contribution in [0.3, 0.4) is 0 Å². The zero-order valence-electron chi connectivity index (χ0n) is 9.24. The molecule has 1 aromatic carbocycles. The third kappa shape index (κ3) is 2.65. The van der Waals surface area contributed by atoms with Gasteiger partial charge in [0.15, 0.2) is 0 Å². The third-order valence-corrected chi connectivity index (χ3v) is 2.58. The first-order valence-electron chi connectivity index (χ1n) is 5.13. The first kappa shape index (κ1) is 12.5. The average molecular weight is 268 g/mol. The topological polar surface area (TPSA) is 51.2 Å². The molecule has 0 fully saturated rings. The lowest BCUT2D eigenvalue weighted by atomic mass is 10.2. The molecule has 0 spiro atoms. The van der Waals surface area contributed by atoms with Gasteiger partial charge in [0.25, 0.3) is 0 Å². The quantitative estimate of drug-likeness (QED) is 0.837. The van der Waals surface area contributed by atoms with Gasteiger partial charge < -0.3 is 15.5 Å². The molecule has 1 heterocycles. The van der Waals surface area contributed by atoms with Crippen LogP contribution in [0, 0.1) is 11.6 Å². The van der Waals surface area contributed by atoms with Gasteiger partial charge in [0.1, 0.15) is 28.1 Å². The number of nitrogens with one attached hydrogen (secondary N) is 1. The van der Waals surface area contributed by atoms with Gasteiger partial charge in [-0.05, 0) is 24.3 Å². The first-order valence-corrected chi connectivity index (χ1v) is 5.54. The molecule has 94 valence electrons. The Morgan fingerprint density at radius 3 is 2.50 bits per heavy atom. The van der Waals surface area contributed by atoms with E-state index in [0.29, 0.717) is 5.76 Å². The molecule has 18 heavy (non-hydrogen) atoms. The van der Waals surface area contributed by atoms with E-state index >= 15 is 0 Å². The molecule has 0 saturated carbocycles. The van der Waals surface area contributed by atoms with E-state index in [4.69, 9.17) is 10.2 Å². The largest absolute Gasteiger partial charge is 0.467 e. The zero-order chi connectivity index (χ0) is 13.1. The summed E-state index contributed by atoms with van der Waals surface area (Å²) in [5.74, 6) is -0.916. The molecule has 0 radical (unpaired) electrons. The van der Waals surface area contributed by atoms with E-state index < -0.39 is 11.6 Å². The monoisotopic (exact) mass is 268 g/mol. The molecule has 0 aliphatic carbocycles. The van der Waals surface area contributed by atoms with E-state index in [2.05, 4.69) is 17.5 Å². The highest BCUT2D eigenvalue weighted by atomic mass is 32.1. The van der Waals surface area contributed by atoms with Crippen molar-refractivity contribution < 1.29 is 13.2 Å². The summed E-state index contributed by atoms with van der Waals surface area (Å²) >= 11 is 4.66. The SMILES string of the molecule is NC(=S)c1cc(F)c(NCc2ccco2)c(F)c1. The lowest BCUT2D eigenvalue weighted by molar-refractivity contribution is 0.515. The van der Waals surface area contributed by atoms with Gasteiger partial charge in [-0.15, -0.1) is 0 Å². The molecule has 6 heteroatoms. The number of nitrogens with two attached hydrogens (primary N) is 1. The summed E-state index contributed by atoms with van der Waals surface area (Å²) in [6.07, 6.45) is 1.49. The third-order valence-electron chi connectivity index (χ3n) is 2.35. The Bertz CT molecular complexity index is 546. The van der Waals surface area contributed by atoms with Crippen LogP contribution in [0.2, 0.25) is 0 Å². The Kier molecular flexibility index (Phi) is 3.57. The van der Waals surface area contributed by atoms with Crippen LogP contribution >= 0.6 is 12.2 Å². The van der Waals surface area contributed by atoms with Crippen molar-refractivity contribution in [3.63, 3.8) is 0 Å². The molecule has 0 aliphatic heterocycles. The predicted octanol–water partition coefficient (Wildman–Crippen LogP) is 2.80. The molecule has 1 aromatic heterocycles. The van der Waals surface area contributed by atoms with Crippen LogP contribution in [-0.4, -0.2) is 4.99 Å². The van der Waals surface area contributed by atoms with Crippen LogP contribution in [0.4, 0.5) is 14.5 Å². The van der Waals surface area contributed by atoms with Gasteiger partial charge in [-0.1, -0.05) is 12.2 Å². The summed E-state index contributed by atoms with van der Waals surface area (Å²) in [6.45, 7) is 0.188.